The summed E-state index contributed by atoms with van der Waals surface area (Å²) in [5.41, 5.74) is 6.52. The molecule has 7 nitrogen and oxygen atoms in total. The van der Waals surface area contributed by atoms with Crippen molar-refractivity contribution in [2.75, 3.05) is 26.2 Å². The summed E-state index contributed by atoms with van der Waals surface area (Å²) in [4.78, 5) is 25.0. The summed E-state index contributed by atoms with van der Waals surface area (Å²) in [5, 5.41) is 11.8. The summed E-state index contributed by atoms with van der Waals surface area (Å²) in [6.45, 7) is 2.76. The summed E-state index contributed by atoms with van der Waals surface area (Å²) in [7, 11) is 0. The SMILES string of the molecule is NCCN1CC(CC(=O)O)CC(NC(=O)OCc2ccccc2)C1. The number of alkyl carbamates (subject to hydrolysis) is 1. The van der Waals surface area contributed by atoms with E-state index in [-0.39, 0.29) is 25.0 Å². The number of hydrogen-bond donors (Lipinski definition) is 3. The number of ether oxygens (including phenoxy) is 1. The fourth-order valence-electron chi connectivity index (χ4n) is 3.10. The van der Waals surface area contributed by atoms with Gasteiger partial charge in [0.2, 0.25) is 0 Å². The van der Waals surface area contributed by atoms with Crippen LogP contribution in [0.25, 0.3) is 0 Å². The van der Waals surface area contributed by atoms with Crippen molar-refractivity contribution in [2.24, 2.45) is 11.7 Å². The number of nitrogens with zero attached hydrogens (tertiary/aromatic N) is 1. The van der Waals surface area contributed by atoms with E-state index in [1.807, 2.05) is 30.3 Å². The molecule has 2 unspecified atom stereocenters. The molecule has 1 saturated heterocycles. The van der Waals surface area contributed by atoms with Crippen molar-refractivity contribution in [3.05, 3.63) is 35.9 Å². The van der Waals surface area contributed by atoms with Gasteiger partial charge in [0, 0.05) is 38.6 Å². The van der Waals surface area contributed by atoms with E-state index in [1.165, 1.54) is 0 Å². The van der Waals surface area contributed by atoms with Gasteiger partial charge < -0.3 is 20.9 Å². The maximum Gasteiger partial charge on any atom is 0.407 e. The monoisotopic (exact) mass is 335 g/mol. The molecule has 24 heavy (non-hydrogen) atoms. The van der Waals surface area contributed by atoms with Crippen LogP contribution in [0.15, 0.2) is 30.3 Å². The van der Waals surface area contributed by atoms with E-state index in [9.17, 15) is 9.59 Å². The molecule has 1 aliphatic heterocycles. The molecule has 132 valence electrons. The molecule has 1 aliphatic rings. The molecule has 2 rings (SSSR count). The molecule has 1 aromatic rings. The van der Waals surface area contributed by atoms with Gasteiger partial charge in [-0.3, -0.25) is 9.69 Å². The Morgan fingerprint density at radius 2 is 2.04 bits per heavy atom. The number of nitrogens with two attached hydrogens (primary N) is 1. The first kappa shape index (κ1) is 18.2. The largest absolute Gasteiger partial charge is 0.481 e. The maximum atomic E-state index is 12.0. The van der Waals surface area contributed by atoms with Crippen LogP contribution in [0.5, 0.6) is 0 Å². The second kappa shape index (κ2) is 9.24. The molecule has 0 saturated carbocycles. The lowest BCUT2D eigenvalue weighted by Crippen LogP contribution is -2.52. The van der Waals surface area contributed by atoms with Gasteiger partial charge in [-0.15, -0.1) is 0 Å². The van der Waals surface area contributed by atoms with Gasteiger partial charge in [-0.1, -0.05) is 30.3 Å². The van der Waals surface area contributed by atoms with Crippen LogP contribution in [0.4, 0.5) is 4.79 Å². The standard InChI is InChI=1S/C17H25N3O4/c18-6-7-20-10-14(9-16(21)22)8-15(11-20)19-17(23)24-12-13-4-2-1-3-5-13/h1-5,14-15H,6-12,18H2,(H,19,23)(H,21,22). The van der Waals surface area contributed by atoms with Crippen molar-refractivity contribution < 1.29 is 19.4 Å². The molecule has 1 aromatic carbocycles. The number of likely N-dealkylation sites (tertiary alicyclic amines) is 1. The van der Waals surface area contributed by atoms with E-state index >= 15 is 0 Å². The van der Waals surface area contributed by atoms with Crippen LogP contribution < -0.4 is 11.1 Å². The van der Waals surface area contributed by atoms with Crippen LogP contribution in [-0.2, 0) is 16.1 Å². The second-order valence-corrected chi connectivity index (χ2v) is 6.15. The van der Waals surface area contributed by atoms with Gasteiger partial charge in [0.05, 0.1) is 0 Å². The molecular weight excluding hydrogens is 310 g/mol. The summed E-state index contributed by atoms with van der Waals surface area (Å²) in [6.07, 6.45) is 0.249. The summed E-state index contributed by atoms with van der Waals surface area (Å²) < 4.78 is 5.23. The molecule has 0 aliphatic carbocycles. The van der Waals surface area contributed by atoms with Gasteiger partial charge >= 0.3 is 12.1 Å². The smallest absolute Gasteiger partial charge is 0.407 e. The molecule has 1 amide bonds. The predicted octanol–water partition coefficient (Wildman–Crippen LogP) is 1.04. The first-order valence-electron chi connectivity index (χ1n) is 8.18. The van der Waals surface area contributed by atoms with E-state index in [0.29, 0.717) is 32.6 Å². The number of nitrogens with one attached hydrogen (secondary N) is 1. The van der Waals surface area contributed by atoms with Crippen LogP contribution >= 0.6 is 0 Å². The zero-order chi connectivity index (χ0) is 17.4. The lowest BCUT2D eigenvalue weighted by molar-refractivity contribution is -0.138. The number of aliphatic carboxylic acids is 1. The van der Waals surface area contributed by atoms with Gasteiger partial charge in [-0.25, -0.2) is 4.79 Å². The Bertz CT molecular complexity index is 538. The van der Waals surface area contributed by atoms with Crippen LogP contribution in [0.2, 0.25) is 0 Å². The minimum atomic E-state index is -0.819. The maximum absolute atomic E-state index is 12.0. The van der Waals surface area contributed by atoms with Crippen molar-refractivity contribution in [3.63, 3.8) is 0 Å². The lowest BCUT2D eigenvalue weighted by Gasteiger charge is -2.37. The molecule has 1 fully saturated rings. The van der Waals surface area contributed by atoms with Crippen molar-refractivity contribution in [1.29, 1.82) is 0 Å². The van der Waals surface area contributed by atoms with Crippen molar-refractivity contribution in [2.45, 2.75) is 25.5 Å². The molecule has 0 bridgehead atoms. The summed E-state index contributed by atoms with van der Waals surface area (Å²) in [6, 6.07) is 9.33. The molecule has 0 aromatic heterocycles. The zero-order valence-electron chi connectivity index (χ0n) is 13.7. The normalized spacial score (nSPS) is 21.2. The Morgan fingerprint density at radius 3 is 2.71 bits per heavy atom. The minimum Gasteiger partial charge on any atom is -0.481 e. The molecule has 2 atom stereocenters. The third-order valence-electron chi connectivity index (χ3n) is 4.06. The Balaban J connectivity index is 1.84. The Labute approximate surface area is 141 Å². The summed E-state index contributed by atoms with van der Waals surface area (Å²) in [5.74, 6) is -0.817. The number of amides is 1. The first-order valence-corrected chi connectivity index (χ1v) is 8.18. The topological polar surface area (TPSA) is 105 Å². The van der Waals surface area contributed by atoms with Crippen LogP contribution in [-0.4, -0.2) is 54.3 Å². The van der Waals surface area contributed by atoms with Gasteiger partial charge in [0.15, 0.2) is 0 Å². The van der Waals surface area contributed by atoms with E-state index in [0.717, 1.165) is 5.56 Å². The highest BCUT2D eigenvalue weighted by Crippen LogP contribution is 2.20. The molecule has 0 spiro atoms. The third-order valence-corrected chi connectivity index (χ3v) is 4.06. The highest BCUT2D eigenvalue weighted by molar-refractivity contribution is 5.68. The number of carboxylic acids is 1. The van der Waals surface area contributed by atoms with Gasteiger partial charge in [-0.2, -0.15) is 0 Å². The molecule has 1 heterocycles. The number of carbonyl (C=O) groups excluding carboxylic acids is 1. The van der Waals surface area contributed by atoms with Crippen LogP contribution in [0.3, 0.4) is 0 Å². The van der Waals surface area contributed by atoms with Crippen LogP contribution in [0.1, 0.15) is 18.4 Å². The highest BCUT2D eigenvalue weighted by atomic mass is 16.5. The Hall–Kier alpha value is -2.12. The fourth-order valence-corrected chi connectivity index (χ4v) is 3.10. The van der Waals surface area contributed by atoms with Crippen molar-refractivity contribution in [1.82, 2.24) is 10.2 Å². The summed E-state index contributed by atoms with van der Waals surface area (Å²) >= 11 is 0. The van der Waals surface area contributed by atoms with Crippen LogP contribution in [0, 0.1) is 5.92 Å². The van der Waals surface area contributed by atoms with Gasteiger partial charge in [0.25, 0.3) is 0 Å². The highest BCUT2D eigenvalue weighted by Gasteiger charge is 2.29. The number of benzene rings is 1. The minimum absolute atomic E-state index is 0.00206. The van der Waals surface area contributed by atoms with Crippen molar-refractivity contribution in [3.8, 4) is 0 Å². The zero-order valence-corrected chi connectivity index (χ0v) is 13.7. The van der Waals surface area contributed by atoms with E-state index in [1.54, 1.807) is 0 Å². The van der Waals surface area contributed by atoms with Gasteiger partial charge in [0.1, 0.15) is 6.61 Å². The number of piperidine rings is 1. The predicted molar refractivity (Wildman–Crippen MR) is 89.4 cm³/mol. The third kappa shape index (κ3) is 6.17. The molecule has 4 N–H and O–H groups in total. The molecule has 7 heteroatoms. The molecular formula is C17H25N3O4. The number of carboxylic acid groups (broad SMARTS) is 1. The van der Waals surface area contributed by atoms with E-state index in [2.05, 4.69) is 10.2 Å². The molecule has 0 radical (unpaired) electrons. The average Bonchev–Trinajstić information content (AvgIpc) is 2.53. The number of rotatable bonds is 7. The quantitative estimate of drug-likeness (QED) is 0.687. The Kier molecular flexibility index (Phi) is 7.02. The Morgan fingerprint density at radius 1 is 1.29 bits per heavy atom. The second-order valence-electron chi connectivity index (χ2n) is 6.15. The van der Waals surface area contributed by atoms with Crippen molar-refractivity contribution >= 4 is 12.1 Å². The van der Waals surface area contributed by atoms with E-state index in [4.69, 9.17) is 15.6 Å². The van der Waals surface area contributed by atoms with E-state index < -0.39 is 12.1 Å². The first-order chi connectivity index (χ1) is 11.6. The van der Waals surface area contributed by atoms with Gasteiger partial charge in [-0.05, 0) is 17.9 Å². The lowest BCUT2D eigenvalue weighted by atomic mass is 9.91. The fraction of sp³-hybridized carbons (Fsp3) is 0.529. The number of hydrogen-bond acceptors (Lipinski definition) is 5. The number of carbonyl (C=O) groups is 2. The average molecular weight is 335 g/mol.